The Balaban J connectivity index is 0.854. The number of piperidine rings is 1. The zero-order valence-corrected chi connectivity index (χ0v) is 34.0. The van der Waals surface area contributed by atoms with Crippen LogP contribution in [0.15, 0.2) is 84.3 Å². The third-order valence-corrected chi connectivity index (χ3v) is 11.6. The predicted molar refractivity (Wildman–Crippen MR) is 225 cm³/mol. The highest BCUT2D eigenvalue weighted by molar-refractivity contribution is 6.24. The molecule has 2 fully saturated rings. The highest BCUT2D eigenvalue weighted by Gasteiger charge is 2.46. The molecule has 0 bridgehead atoms. The average Bonchev–Trinajstić information content (AvgIpc) is 3.66. The molecule has 3 aliphatic heterocycles. The number of unbranched alkanes of at least 4 members (excludes halogenated alkanes) is 1. The van der Waals surface area contributed by atoms with E-state index >= 15 is 0 Å². The molecule has 4 amide bonds. The van der Waals surface area contributed by atoms with Gasteiger partial charge in [-0.2, -0.15) is 4.98 Å². The molecule has 2 saturated heterocycles. The van der Waals surface area contributed by atoms with Gasteiger partial charge in [0.15, 0.2) is 11.5 Å². The second-order valence-electron chi connectivity index (χ2n) is 16.0. The molecule has 0 spiro atoms. The third kappa shape index (κ3) is 7.59. The van der Waals surface area contributed by atoms with E-state index in [2.05, 4.69) is 43.8 Å². The molecule has 2 aromatic carbocycles. The van der Waals surface area contributed by atoms with Gasteiger partial charge in [0.1, 0.15) is 17.0 Å². The first-order chi connectivity index (χ1) is 28.8. The average molecular weight is 813 g/mol. The van der Waals surface area contributed by atoms with Crippen molar-refractivity contribution in [2.24, 2.45) is 0 Å². The van der Waals surface area contributed by atoms with Gasteiger partial charge in [0.2, 0.25) is 11.9 Å². The Morgan fingerprint density at radius 2 is 1.67 bits per heavy atom. The Morgan fingerprint density at radius 3 is 2.40 bits per heavy atom. The third-order valence-electron chi connectivity index (χ3n) is 11.6. The number of aromatic nitrogens is 5. The molecule has 0 aliphatic carbocycles. The first-order valence-electron chi connectivity index (χ1n) is 20.3. The number of piperazine rings is 1. The summed E-state index contributed by atoms with van der Waals surface area (Å²) in [6.45, 7) is 11.8. The second kappa shape index (κ2) is 16.3. The van der Waals surface area contributed by atoms with Crippen LogP contribution in [0.3, 0.4) is 0 Å². The monoisotopic (exact) mass is 812 g/mol. The van der Waals surface area contributed by atoms with Crippen LogP contribution >= 0.6 is 0 Å². The number of likely N-dealkylation sites (tertiary alicyclic amines) is 1. The number of rotatable bonds is 13. The van der Waals surface area contributed by atoms with Gasteiger partial charge in [0.25, 0.3) is 23.3 Å². The molecule has 6 heterocycles. The molecule has 16 heteroatoms. The fourth-order valence-corrected chi connectivity index (χ4v) is 8.26. The van der Waals surface area contributed by atoms with Crippen LogP contribution in [0.25, 0.3) is 16.9 Å². The van der Waals surface area contributed by atoms with Crippen molar-refractivity contribution in [3.63, 3.8) is 0 Å². The molecule has 5 aromatic rings. The Bertz CT molecular complexity index is 2570. The number of hydrogen-bond acceptors (Lipinski definition) is 12. The number of nitrogens with zero attached hydrogens (tertiary/aromatic N) is 9. The summed E-state index contributed by atoms with van der Waals surface area (Å²) in [5.74, 6) is -1.00. The van der Waals surface area contributed by atoms with E-state index in [1.54, 1.807) is 54.9 Å². The number of carbonyl (C=O) groups is 4. The van der Waals surface area contributed by atoms with E-state index in [-0.39, 0.29) is 30.9 Å². The summed E-state index contributed by atoms with van der Waals surface area (Å²) in [6.07, 6.45) is 5.80. The standard InChI is InChI=1S/C44H48N10O6/c1-5-21-52-39(56)32-27-45-43(48-38(32)54(52)35-14-9-13-34(47-35)44(2,3)60)46-29-15-17-30(18-16-29)51-25-23-50(24-26-51)22-7-6-10-28-11-8-12-31-37(28)42(59)53(40(31)57)33-19-20-36(55)49(4)41(33)58/h5,8-9,11-18,27,33,60H,1,6-7,10,19-26H2,2-4H3,(H,45,46,48). The molecule has 3 aliphatic rings. The van der Waals surface area contributed by atoms with E-state index in [1.807, 2.05) is 18.2 Å². The number of pyridine rings is 1. The molecular formula is C44H48N10O6. The summed E-state index contributed by atoms with van der Waals surface area (Å²) in [5.41, 5.74) is 2.77. The quantitative estimate of drug-likeness (QED) is 0.0993. The molecule has 2 N–H and O–H groups in total. The molecule has 0 saturated carbocycles. The van der Waals surface area contributed by atoms with E-state index in [1.165, 1.54) is 17.9 Å². The van der Waals surface area contributed by atoms with Crippen LogP contribution < -0.4 is 15.8 Å². The first kappa shape index (κ1) is 40.3. The zero-order chi connectivity index (χ0) is 42.3. The van der Waals surface area contributed by atoms with Crippen LogP contribution in [-0.2, 0) is 28.2 Å². The summed E-state index contributed by atoms with van der Waals surface area (Å²) >= 11 is 0. The number of nitrogens with one attached hydrogen (secondary N) is 1. The van der Waals surface area contributed by atoms with Crippen LogP contribution in [-0.4, -0.2) is 114 Å². The highest BCUT2D eigenvalue weighted by atomic mass is 16.3. The Hall–Kier alpha value is -6.52. The van der Waals surface area contributed by atoms with Gasteiger partial charge in [-0.1, -0.05) is 24.3 Å². The topological polar surface area (TPSA) is 179 Å². The van der Waals surface area contributed by atoms with Crippen molar-refractivity contribution in [2.75, 3.05) is 50.0 Å². The lowest BCUT2D eigenvalue weighted by molar-refractivity contribution is -0.149. The van der Waals surface area contributed by atoms with Crippen molar-refractivity contribution in [1.29, 1.82) is 0 Å². The van der Waals surface area contributed by atoms with Crippen LogP contribution in [0.1, 0.15) is 71.5 Å². The Kier molecular flexibility index (Phi) is 10.9. The molecule has 60 heavy (non-hydrogen) atoms. The smallest absolute Gasteiger partial charge is 0.278 e. The number of aryl methyl sites for hydroxylation is 1. The maximum atomic E-state index is 13.6. The molecule has 1 atom stereocenters. The lowest BCUT2D eigenvalue weighted by Crippen LogP contribution is -2.54. The largest absolute Gasteiger partial charge is 0.384 e. The molecule has 3 aromatic heterocycles. The highest BCUT2D eigenvalue weighted by Crippen LogP contribution is 2.32. The molecule has 310 valence electrons. The number of hydrogen-bond donors (Lipinski definition) is 2. The van der Waals surface area contributed by atoms with Gasteiger partial charge in [-0.05, 0) is 94.1 Å². The minimum Gasteiger partial charge on any atom is -0.384 e. The van der Waals surface area contributed by atoms with Crippen molar-refractivity contribution < 1.29 is 24.3 Å². The molecule has 0 radical (unpaired) electrons. The molecular weight excluding hydrogens is 765 g/mol. The number of fused-ring (bicyclic) bond motifs is 2. The van der Waals surface area contributed by atoms with E-state index in [4.69, 9.17) is 4.98 Å². The maximum Gasteiger partial charge on any atom is 0.278 e. The van der Waals surface area contributed by atoms with Crippen LogP contribution in [0.5, 0.6) is 0 Å². The van der Waals surface area contributed by atoms with Crippen molar-refractivity contribution in [3.05, 3.63) is 112 Å². The van der Waals surface area contributed by atoms with E-state index in [0.29, 0.717) is 46.0 Å². The summed E-state index contributed by atoms with van der Waals surface area (Å²) in [5, 5.41) is 14.2. The summed E-state index contributed by atoms with van der Waals surface area (Å²) in [6, 6.07) is 17.7. The van der Waals surface area contributed by atoms with Gasteiger partial charge in [0.05, 0.1) is 23.4 Å². The molecule has 1 unspecified atom stereocenters. The Labute approximate surface area is 346 Å². The summed E-state index contributed by atoms with van der Waals surface area (Å²) in [4.78, 5) is 85.8. The van der Waals surface area contributed by atoms with Gasteiger partial charge in [-0.25, -0.2) is 19.3 Å². The normalized spacial score (nSPS) is 17.5. The van der Waals surface area contributed by atoms with E-state index in [0.717, 1.165) is 72.3 Å². The van der Waals surface area contributed by atoms with Crippen LogP contribution in [0.2, 0.25) is 0 Å². The van der Waals surface area contributed by atoms with E-state index < -0.39 is 29.4 Å². The number of anilines is 3. The van der Waals surface area contributed by atoms with Crippen molar-refractivity contribution in [1.82, 2.24) is 39.0 Å². The fraction of sp³-hybridized carbons (Fsp3) is 0.364. The number of allylic oxidation sites excluding steroid dienone is 1. The lowest BCUT2D eigenvalue weighted by Gasteiger charge is -2.36. The van der Waals surface area contributed by atoms with Crippen molar-refractivity contribution >= 4 is 52.0 Å². The SMILES string of the molecule is C=CCn1c(=O)c2cnc(Nc3ccc(N4CCN(CCCCc5cccc6c5C(=O)N(C5CCC(=O)N(C)C5=O)C6=O)CC4)cc3)nc2n1-c1cccc(C(C)(C)O)n1. The number of likely N-dealkylation sites (N-methyl/N-ethyl adjacent to an activating group) is 1. The van der Waals surface area contributed by atoms with E-state index in [9.17, 15) is 29.1 Å². The summed E-state index contributed by atoms with van der Waals surface area (Å²) < 4.78 is 3.12. The number of aliphatic hydroxyl groups is 1. The van der Waals surface area contributed by atoms with Crippen LogP contribution in [0, 0.1) is 0 Å². The fourth-order valence-electron chi connectivity index (χ4n) is 8.26. The lowest BCUT2D eigenvalue weighted by atomic mass is 9.98. The van der Waals surface area contributed by atoms with Gasteiger partial charge in [-0.15, -0.1) is 6.58 Å². The van der Waals surface area contributed by atoms with Crippen LogP contribution in [0.4, 0.5) is 17.3 Å². The number of amides is 4. The molecule has 8 rings (SSSR count). The minimum absolute atomic E-state index is 0.112. The molecule has 16 nitrogen and oxygen atoms in total. The van der Waals surface area contributed by atoms with Gasteiger partial charge in [-0.3, -0.25) is 38.7 Å². The van der Waals surface area contributed by atoms with Gasteiger partial charge >= 0.3 is 0 Å². The van der Waals surface area contributed by atoms with Gasteiger partial charge < -0.3 is 15.3 Å². The maximum absolute atomic E-state index is 13.6. The number of imide groups is 2. The zero-order valence-electron chi connectivity index (χ0n) is 34.0. The minimum atomic E-state index is -1.18. The summed E-state index contributed by atoms with van der Waals surface area (Å²) in [7, 11) is 1.39. The number of benzene rings is 2. The predicted octanol–water partition coefficient (Wildman–Crippen LogP) is 4.02. The first-order valence-corrected chi connectivity index (χ1v) is 20.3. The second-order valence-corrected chi connectivity index (χ2v) is 16.0. The number of carbonyl (C=O) groups excluding carboxylic acids is 4. The Morgan fingerprint density at radius 1 is 0.917 bits per heavy atom. The van der Waals surface area contributed by atoms with Crippen molar-refractivity contribution in [2.45, 2.75) is 64.1 Å². The van der Waals surface area contributed by atoms with Gasteiger partial charge in [0, 0.05) is 57.2 Å². The van der Waals surface area contributed by atoms with Crippen molar-refractivity contribution in [3.8, 4) is 5.82 Å².